The van der Waals surface area contributed by atoms with Crippen molar-refractivity contribution in [1.29, 1.82) is 0 Å². The molecule has 2 heterocycles. The van der Waals surface area contributed by atoms with Gasteiger partial charge in [-0.15, -0.1) is 0 Å². The van der Waals surface area contributed by atoms with Crippen LogP contribution in [0.15, 0.2) is 18.5 Å². The SMILES string of the molecule is CS(=O)(=O)n1ccc2nc(NN)cnc21. The molecule has 0 amide bonds. The first-order valence-electron chi connectivity index (χ1n) is 4.03. The van der Waals surface area contributed by atoms with Gasteiger partial charge in [0.25, 0.3) is 0 Å². The molecule has 0 spiro atoms. The number of anilines is 1. The smallest absolute Gasteiger partial charge is 0.237 e. The number of hydrogen-bond donors (Lipinski definition) is 2. The molecule has 0 aliphatic carbocycles. The Hall–Kier alpha value is -1.67. The van der Waals surface area contributed by atoms with E-state index in [1.807, 2.05) is 0 Å². The minimum Gasteiger partial charge on any atom is -0.307 e. The Morgan fingerprint density at radius 1 is 1.53 bits per heavy atom. The maximum atomic E-state index is 11.3. The number of fused-ring (bicyclic) bond motifs is 1. The van der Waals surface area contributed by atoms with E-state index in [0.717, 1.165) is 10.2 Å². The Morgan fingerprint density at radius 3 is 2.87 bits per heavy atom. The summed E-state index contributed by atoms with van der Waals surface area (Å²) < 4.78 is 23.7. The molecular formula is C7H9N5O2S. The van der Waals surface area contributed by atoms with Crippen LogP contribution < -0.4 is 11.3 Å². The highest BCUT2D eigenvalue weighted by Crippen LogP contribution is 2.14. The van der Waals surface area contributed by atoms with E-state index in [2.05, 4.69) is 15.4 Å². The average Bonchev–Trinajstić information content (AvgIpc) is 2.59. The topological polar surface area (TPSA) is 103 Å². The van der Waals surface area contributed by atoms with Gasteiger partial charge in [-0.05, 0) is 6.07 Å². The van der Waals surface area contributed by atoms with Gasteiger partial charge in [0.2, 0.25) is 10.0 Å². The second kappa shape index (κ2) is 3.17. The fourth-order valence-electron chi connectivity index (χ4n) is 1.22. The van der Waals surface area contributed by atoms with Crippen LogP contribution in [-0.2, 0) is 10.0 Å². The molecule has 3 N–H and O–H groups in total. The van der Waals surface area contributed by atoms with Crippen LogP contribution in [0.3, 0.4) is 0 Å². The van der Waals surface area contributed by atoms with Crippen LogP contribution in [0.5, 0.6) is 0 Å². The molecule has 2 aromatic heterocycles. The zero-order chi connectivity index (χ0) is 11.1. The molecule has 0 atom stereocenters. The Bertz CT molecular complexity index is 603. The summed E-state index contributed by atoms with van der Waals surface area (Å²) in [5.41, 5.74) is 3.09. The second-order valence-electron chi connectivity index (χ2n) is 2.98. The minimum atomic E-state index is -3.34. The van der Waals surface area contributed by atoms with Gasteiger partial charge in [-0.1, -0.05) is 0 Å². The van der Waals surface area contributed by atoms with Crippen molar-refractivity contribution in [3.05, 3.63) is 18.5 Å². The van der Waals surface area contributed by atoms with Crippen LogP contribution in [0.25, 0.3) is 11.2 Å². The molecule has 0 aliphatic heterocycles. The molecule has 0 fully saturated rings. The predicted octanol–water partition coefficient (Wildman–Crippen LogP) is -0.475. The summed E-state index contributed by atoms with van der Waals surface area (Å²) in [4.78, 5) is 8.00. The summed E-state index contributed by atoms with van der Waals surface area (Å²) in [7, 11) is -3.34. The Labute approximate surface area is 86.0 Å². The minimum absolute atomic E-state index is 0.288. The first-order chi connectivity index (χ1) is 7.02. The Morgan fingerprint density at radius 2 is 2.27 bits per heavy atom. The number of hydrazine groups is 1. The highest BCUT2D eigenvalue weighted by atomic mass is 32.2. The van der Waals surface area contributed by atoms with Gasteiger partial charge in [0.1, 0.15) is 5.52 Å². The fourth-order valence-corrected chi connectivity index (χ4v) is 1.96. The highest BCUT2D eigenvalue weighted by Gasteiger charge is 2.11. The normalized spacial score (nSPS) is 11.9. The van der Waals surface area contributed by atoms with Crippen molar-refractivity contribution in [2.75, 3.05) is 11.7 Å². The molecule has 0 radical (unpaired) electrons. The van der Waals surface area contributed by atoms with Crippen molar-refractivity contribution in [1.82, 2.24) is 13.9 Å². The lowest BCUT2D eigenvalue weighted by atomic mass is 10.5. The van der Waals surface area contributed by atoms with Gasteiger partial charge in [0, 0.05) is 6.20 Å². The van der Waals surface area contributed by atoms with E-state index < -0.39 is 10.0 Å². The van der Waals surface area contributed by atoms with E-state index >= 15 is 0 Å². The molecule has 80 valence electrons. The van der Waals surface area contributed by atoms with Crippen molar-refractivity contribution in [3.8, 4) is 0 Å². The van der Waals surface area contributed by atoms with Crippen LogP contribution in [-0.4, -0.2) is 28.6 Å². The van der Waals surface area contributed by atoms with E-state index in [4.69, 9.17) is 5.84 Å². The molecule has 2 aromatic rings. The van der Waals surface area contributed by atoms with Gasteiger partial charge in [-0.3, -0.25) is 0 Å². The molecule has 2 rings (SSSR count). The summed E-state index contributed by atoms with van der Waals surface area (Å²) in [5.74, 6) is 5.54. The summed E-state index contributed by atoms with van der Waals surface area (Å²) >= 11 is 0. The van der Waals surface area contributed by atoms with E-state index in [-0.39, 0.29) is 5.65 Å². The number of nitrogens with zero attached hydrogens (tertiary/aromatic N) is 3. The van der Waals surface area contributed by atoms with Crippen LogP contribution >= 0.6 is 0 Å². The highest BCUT2D eigenvalue weighted by molar-refractivity contribution is 7.89. The van der Waals surface area contributed by atoms with E-state index in [1.165, 1.54) is 12.4 Å². The third-order valence-corrected chi connectivity index (χ3v) is 2.87. The maximum Gasteiger partial charge on any atom is 0.237 e. The van der Waals surface area contributed by atoms with Crippen molar-refractivity contribution < 1.29 is 8.42 Å². The molecule has 0 aliphatic rings. The number of nitrogen functional groups attached to an aromatic ring is 1. The molecule has 7 nitrogen and oxygen atoms in total. The molecule has 8 heteroatoms. The molecular weight excluding hydrogens is 218 g/mol. The number of nitrogens with one attached hydrogen (secondary N) is 1. The quantitative estimate of drug-likeness (QED) is 0.531. The van der Waals surface area contributed by atoms with Crippen molar-refractivity contribution in [3.63, 3.8) is 0 Å². The molecule has 0 aromatic carbocycles. The lowest BCUT2D eigenvalue weighted by Gasteiger charge is -2.01. The molecule has 0 bridgehead atoms. The number of hydrogen-bond acceptors (Lipinski definition) is 6. The number of rotatable bonds is 2. The lowest BCUT2D eigenvalue weighted by Crippen LogP contribution is -2.11. The van der Waals surface area contributed by atoms with Gasteiger partial charge in [0.05, 0.1) is 12.5 Å². The largest absolute Gasteiger partial charge is 0.307 e. The number of aromatic nitrogens is 3. The zero-order valence-electron chi connectivity index (χ0n) is 7.88. The molecule has 0 saturated heterocycles. The van der Waals surface area contributed by atoms with Crippen LogP contribution in [0.1, 0.15) is 0 Å². The van der Waals surface area contributed by atoms with Gasteiger partial charge >= 0.3 is 0 Å². The second-order valence-corrected chi connectivity index (χ2v) is 4.84. The van der Waals surface area contributed by atoms with Crippen molar-refractivity contribution >= 4 is 27.0 Å². The zero-order valence-corrected chi connectivity index (χ0v) is 8.69. The first kappa shape index (κ1) is 9.87. The third kappa shape index (κ3) is 1.64. The lowest BCUT2D eigenvalue weighted by molar-refractivity contribution is 0.595. The first-order valence-corrected chi connectivity index (χ1v) is 5.88. The van der Waals surface area contributed by atoms with Crippen LogP contribution in [0.2, 0.25) is 0 Å². The van der Waals surface area contributed by atoms with Crippen LogP contribution in [0.4, 0.5) is 5.82 Å². The molecule has 15 heavy (non-hydrogen) atoms. The standard InChI is InChI=1S/C7H9N5O2S/c1-15(13,14)12-3-2-5-7(12)9-4-6(10-5)11-8/h2-4H,8H2,1H3,(H,10,11). The van der Waals surface area contributed by atoms with Gasteiger partial charge in [0.15, 0.2) is 11.5 Å². The van der Waals surface area contributed by atoms with Gasteiger partial charge in [-0.2, -0.15) is 0 Å². The Kier molecular flexibility index (Phi) is 2.09. The van der Waals surface area contributed by atoms with E-state index in [0.29, 0.717) is 11.3 Å². The third-order valence-electron chi connectivity index (χ3n) is 1.86. The molecule has 0 unspecified atom stereocenters. The summed E-state index contributed by atoms with van der Waals surface area (Å²) in [6, 6.07) is 1.56. The summed E-state index contributed by atoms with van der Waals surface area (Å²) in [6.45, 7) is 0. The number of nitrogens with two attached hydrogens (primary N) is 1. The summed E-state index contributed by atoms with van der Waals surface area (Å²) in [5, 5.41) is 0. The summed E-state index contributed by atoms with van der Waals surface area (Å²) in [6.07, 6.45) is 3.87. The average molecular weight is 227 g/mol. The maximum absolute atomic E-state index is 11.3. The fraction of sp³-hybridized carbons (Fsp3) is 0.143. The monoisotopic (exact) mass is 227 g/mol. The van der Waals surface area contributed by atoms with Crippen molar-refractivity contribution in [2.24, 2.45) is 5.84 Å². The Balaban J connectivity index is 2.73. The predicted molar refractivity (Wildman–Crippen MR) is 55.6 cm³/mol. The van der Waals surface area contributed by atoms with E-state index in [1.54, 1.807) is 6.07 Å². The van der Waals surface area contributed by atoms with Crippen molar-refractivity contribution in [2.45, 2.75) is 0 Å². The van der Waals surface area contributed by atoms with E-state index in [9.17, 15) is 8.42 Å². The van der Waals surface area contributed by atoms with Gasteiger partial charge < -0.3 is 5.43 Å². The van der Waals surface area contributed by atoms with Gasteiger partial charge in [-0.25, -0.2) is 28.2 Å². The van der Waals surface area contributed by atoms with Crippen LogP contribution in [0, 0.1) is 0 Å². The molecule has 0 saturated carbocycles.